The maximum atomic E-state index is 12.9. The summed E-state index contributed by atoms with van der Waals surface area (Å²) in [7, 11) is 0. The van der Waals surface area contributed by atoms with E-state index in [1.807, 2.05) is 56.3 Å². The molecule has 0 atom stereocenters. The molecule has 1 aliphatic heterocycles. The number of anilines is 1. The summed E-state index contributed by atoms with van der Waals surface area (Å²) in [5, 5.41) is 3.34. The highest BCUT2D eigenvalue weighted by Crippen LogP contribution is 2.29. The molecule has 0 unspecified atom stereocenters. The molecule has 140 valence electrons. The molecule has 1 saturated heterocycles. The SMILES string of the molecule is CCOc1ccc(C=C2NC(=S)N(c3ccc(Br)cc3)C2=O)c(OCC)c1. The highest BCUT2D eigenvalue weighted by molar-refractivity contribution is 9.10. The van der Waals surface area contributed by atoms with Crippen LogP contribution in [0.1, 0.15) is 19.4 Å². The van der Waals surface area contributed by atoms with Gasteiger partial charge in [0.05, 0.1) is 18.9 Å². The van der Waals surface area contributed by atoms with E-state index in [4.69, 9.17) is 21.7 Å². The number of amides is 1. The minimum Gasteiger partial charge on any atom is -0.494 e. The molecule has 1 amide bonds. The number of nitrogens with zero attached hydrogens (tertiary/aromatic N) is 1. The van der Waals surface area contributed by atoms with Gasteiger partial charge in [0.25, 0.3) is 5.91 Å². The summed E-state index contributed by atoms with van der Waals surface area (Å²) in [5.41, 5.74) is 1.88. The van der Waals surface area contributed by atoms with Gasteiger partial charge >= 0.3 is 0 Å². The third-order valence-electron chi connectivity index (χ3n) is 3.86. The number of hydrogen-bond donors (Lipinski definition) is 1. The summed E-state index contributed by atoms with van der Waals surface area (Å²) in [6.45, 7) is 4.92. The average Bonchev–Trinajstić information content (AvgIpc) is 2.92. The van der Waals surface area contributed by atoms with Crippen molar-refractivity contribution in [1.82, 2.24) is 5.32 Å². The number of benzene rings is 2. The first-order valence-corrected chi connectivity index (χ1v) is 9.76. The van der Waals surface area contributed by atoms with Gasteiger partial charge in [0, 0.05) is 16.1 Å². The molecule has 2 aromatic carbocycles. The van der Waals surface area contributed by atoms with E-state index in [2.05, 4.69) is 21.2 Å². The molecule has 1 heterocycles. The standard InChI is InChI=1S/C20H19BrN2O3S/c1-3-25-16-10-5-13(18(12-16)26-4-2)11-17-19(24)23(20(27)22-17)15-8-6-14(21)7-9-15/h5-12H,3-4H2,1-2H3,(H,22,27). The van der Waals surface area contributed by atoms with E-state index in [1.54, 1.807) is 6.08 Å². The molecule has 0 saturated carbocycles. The Morgan fingerprint density at radius 1 is 1.11 bits per heavy atom. The molecule has 0 radical (unpaired) electrons. The van der Waals surface area contributed by atoms with Gasteiger partial charge in [-0.3, -0.25) is 9.69 Å². The van der Waals surface area contributed by atoms with Crippen LogP contribution in [0.25, 0.3) is 6.08 Å². The molecule has 0 spiro atoms. The summed E-state index contributed by atoms with van der Waals surface area (Å²) in [5.74, 6) is 1.16. The molecule has 0 bridgehead atoms. The van der Waals surface area contributed by atoms with Crippen LogP contribution in [0.4, 0.5) is 5.69 Å². The molecular weight excluding hydrogens is 428 g/mol. The Morgan fingerprint density at radius 2 is 1.81 bits per heavy atom. The van der Waals surface area contributed by atoms with Crippen LogP contribution in [0, 0.1) is 0 Å². The summed E-state index contributed by atoms with van der Waals surface area (Å²) in [6.07, 6.45) is 1.74. The lowest BCUT2D eigenvalue weighted by atomic mass is 10.1. The topological polar surface area (TPSA) is 50.8 Å². The van der Waals surface area contributed by atoms with E-state index >= 15 is 0 Å². The van der Waals surface area contributed by atoms with E-state index < -0.39 is 0 Å². The van der Waals surface area contributed by atoms with E-state index in [-0.39, 0.29) is 5.91 Å². The Hall–Kier alpha value is -2.38. The van der Waals surface area contributed by atoms with Crippen LogP contribution < -0.4 is 19.7 Å². The highest BCUT2D eigenvalue weighted by atomic mass is 79.9. The van der Waals surface area contributed by atoms with Crippen LogP contribution in [-0.2, 0) is 4.79 Å². The number of nitrogens with one attached hydrogen (secondary N) is 1. The zero-order valence-electron chi connectivity index (χ0n) is 15.0. The van der Waals surface area contributed by atoms with Crippen LogP contribution in [-0.4, -0.2) is 24.2 Å². The van der Waals surface area contributed by atoms with E-state index in [1.165, 1.54) is 4.90 Å². The maximum absolute atomic E-state index is 12.9. The molecule has 0 aliphatic carbocycles. The lowest BCUT2D eigenvalue weighted by Gasteiger charge is -2.13. The number of halogens is 1. The van der Waals surface area contributed by atoms with Crippen molar-refractivity contribution in [2.24, 2.45) is 0 Å². The average molecular weight is 447 g/mol. The molecule has 1 aliphatic rings. The lowest BCUT2D eigenvalue weighted by molar-refractivity contribution is -0.113. The summed E-state index contributed by atoms with van der Waals surface area (Å²) >= 11 is 8.75. The fourth-order valence-corrected chi connectivity index (χ4v) is 3.25. The minimum absolute atomic E-state index is 0.210. The number of hydrogen-bond acceptors (Lipinski definition) is 4. The smallest absolute Gasteiger partial charge is 0.281 e. The fraction of sp³-hybridized carbons (Fsp3) is 0.200. The molecule has 7 heteroatoms. The van der Waals surface area contributed by atoms with Gasteiger partial charge in [0.1, 0.15) is 17.2 Å². The van der Waals surface area contributed by atoms with Crippen molar-refractivity contribution in [2.45, 2.75) is 13.8 Å². The van der Waals surface area contributed by atoms with Crippen LogP contribution in [0.15, 0.2) is 52.6 Å². The number of carbonyl (C=O) groups excluding carboxylic acids is 1. The normalized spacial score (nSPS) is 15.2. The fourth-order valence-electron chi connectivity index (χ4n) is 2.69. The second-order valence-electron chi connectivity index (χ2n) is 5.67. The van der Waals surface area contributed by atoms with Crippen molar-refractivity contribution < 1.29 is 14.3 Å². The third kappa shape index (κ3) is 4.31. The summed E-state index contributed by atoms with van der Waals surface area (Å²) in [6, 6.07) is 12.9. The lowest BCUT2D eigenvalue weighted by Crippen LogP contribution is -2.30. The Bertz CT molecular complexity index is 897. The molecule has 0 aromatic heterocycles. The number of carbonyl (C=O) groups is 1. The van der Waals surface area contributed by atoms with Gasteiger partial charge in [-0.2, -0.15) is 0 Å². The minimum atomic E-state index is -0.210. The van der Waals surface area contributed by atoms with E-state index in [9.17, 15) is 4.79 Å². The summed E-state index contributed by atoms with van der Waals surface area (Å²) in [4.78, 5) is 14.3. The Balaban J connectivity index is 1.92. The van der Waals surface area contributed by atoms with Gasteiger partial charge in [0.15, 0.2) is 5.11 Å². The predicted octanol–water partition coefficient (Wildman–Crippen LogP) is 4.51. The first-order valence-electron chi connectivity index (χ1n) is 8.55. The third-order valence-corrected chi connectivity index (χ3v) is 4.67. The van der Waals surface area contributed by atoms with Gasteiger partial charge in [-0.05, 0) is 68.5 Å². The Labute approximate surface area is 172 Å². The van der Waals surface area contributed by atoms with Crippen molar-refractivity contribution >= 4 is 50.9 Å². The van der Waals surface area contributed by atoms with Gasteiger partial charge in [0.2, 0.25) is 0 Å². The molecule has 5 nitrogen and oxygen atoms in total. The summed E-state index contributed by atoms with van der Waals surface area (Å²) < 4.78 is 12.2. The first-order chi connectivity index (χ1) is 13.0. The molecule has 1 fully saturated rings. The van der Waals surface area contributed by atoms with Crippen molar-refractivity contribution in [3.05, 3.63) is 58.2 Å². The van der Waals surface area contributed by atoms with Gasteiger partial charge < -0.3 is 14.8 Å². The monoisotopic (exact) mass is 446 g/mol. The molecule has 2 aromatic rings. The maximum Gasteiger partial charge on any atom is 0.281 e. The molecule has 27 heavy (non-hydrogen) atoms. The Kier molecular flexibility index (Phi) is 6.13. The highest BCUT2D eigenvalue weighted by Gasteiger charge is 2.32. The number of ether oxygens (including phenoxy) is 2. The first kappa shape index (κ1) is 19.4. The predicted molar refractivity (Wildman–Crippen MR) is 114 cm³/mol. The Morgan fingerprint density at radius 3 is 2.48 bits per heavy atom. The second-order valence-corrected chi connectivity index (χ2v) is 6.97. The molecular formula is C20H19BrN2O3S. The van der Waals surface area contributed by atoms with Gasteiger partial charge in [-0.15, -0.1) is 0 Å². The van der Waals surface area contributed by atoms with Crippen molar-refractivity contribution in [2.75, 3.05) is 18.1 Å². The van der Waals surface area contributed by atoms with Crippen LogP contribution in [0.3, 0.4) is 0 Å². The number of rotatable bonds is 6. The van der Waals surface area contributed by atoms with Gasteiger partial charge in [-0.1, -0.05) is 15.9 Å². The zero-order chi connectivity index (χ0) is 19.4. The van der Waals surface area contributed by atoms with Crippen molar-refractivity contribution in [1.29, 1.82) is 0 Å². The van der Waals surface area contributed by atoms with E-state index in [0.717, 1.165) is 15.8 Å². The second kappa shape index (κ2) is 8.54. The van der Waals surface area contributed by atoms with Gasteiger partial charge in [-0.25, -0.2) is 0 Å². The quantitative estimate of drug-likeness (QED) is 0.522. The van der Waals surface area contributed by atoms with Crippen LogP contribution >= 0.6 is 28.1 Å². The van der Waals surface area contributed by atoms with E-state index in [0.29, 0.717) is 35.5 Å². The van der Waals surface area contributed by atoms with Crippen molar-refractivity contribution in [3.8, 4) is 11.5 Å². The number of thiocarbonyl (C=S) groups is 1. The zero-order valence-corrected chi connectivity index (χ0v) is 17.4. The van der Waals surface area contributed by atoms with Crippen LogP contribution in [0.2, 0.25) is 0 Å². The molecule has 1 N–H and O–H groups in total. The molecule has 3 rings (SSSR count). The largest absolute Gasteiger partial charge is 0.494 e. The van der Waals surface area contributed by atoms with Crippen LogP contribution in [0.5, 0.6) is 11.5 Å². The van der Waals surface area contributed by atoms with Crippen molar-refractivity contribution in [3.63, 3.8) is 0 Å².